The zero-order valence-corrected chi connectivity index (χ0v) is 15.4. The Morgan fingerprint density at radius 2 is 1.80 bits per heavy atom. The van der Waals surface area contributed by atoms with Gasteiger partial charge in [-0.05, 0) is 37.8 Å². The number of hydrogen-bond donors (Lipinski definition) is 0. The van der Waals surface area contributed by atoms with Gasteiger partial charge in [0.05, 0.1) is 5.69 Å². The molecule has 1 amide bonds. The van der Waals surface area contributed by atoms with E-state index in [4.69, 9.17) is 5.10 Å². The van der Waals surface area contributed by atoms with Crippen molar-refractivity contribution in [1.82, 2.24) is 24.7 Å². The topological polar surface area (TPSA) is 63.4 Å². The van der Waals surface area contributed by atoms with E-state index < -0.39 is 0 Å². The van der Waals surface area contributed by atoms with Crippen molar-refractivity contribution < 1.29 is 4.79 Å². The summed E-state index contributed by atoms with van der Waals surface area (Å²) < 4.78 is 1.91. The number of amides is 1. The van der Waals surface area contributed by atoms with Gasteiger partial charge in [-0.3, -0.25) is 4.79 Å². The van der Waals surface area contributed by atoms with Crippen molar-refractivity contribution in [1.29, 1.82) is 0 Å². The number of fused-ring (bicyclic) bond motifs is 1. The van der Waals surface area contributed by atoms with Crippen LogP contribution in [0.4, 0.5) is 0 Å². The number of aromatic nitrogens is 4. The van der Waals surface area contributed by atoms with Crippen LogP contribution >= 0.6 is 0 Å². The molecule has 0 unspecified atom stereocenters. The Hall–Kier alpha value is -1.98. The first kappa shape index (κ1) is 16.5. The van der Waals surface area contributed by atoms with Crippen LogP contribution < -0.4 is 0 Å². The minimum Gasteiger partial charge on any atom is -0.342 e. The molecular formula is C19H27N5O. The van der Waals surface area contributed by atoms with Crippen LogP contribution in [0.3, 0.4) is 0 Å². The van der Waals surface area contributed by atoms with Crippen LogP contribution in [0.15, 0.2) is 12.1 Å². The Kier molecular flexibility index (Phi) is 4.01. The molecule has 2 aliphatic rings. The van der Waals surface area contributed by atoms with Gasteiger partial charge in [0.15, 0.2) is 11.5 Å². The molecule has 2 aromatic heterocycles. The lowest BCUT2D eigenvalue weighted by Crippen LogP contribution is -2.43. The number of carbonyl (C=O) groups is 1. The average molecular weight is 341 g/mol. The first-order valence-electron chi connectivity index (χ1n) is 9.45. The normalized spacial score (nSPS) is 20.0. The monoisotopic (exact) mass is 341 g/mol. The lowest BCUT2D eigenvalue weighted by atomic mass is 9.83. The van der Waals surface area contributed by atoms with Gasteiger partial charge < -0.3 is 4.90 Å². The largest absolute Gasteiger partial charge is 0.342 e. The van der Waals surface area contributed by atoms with Crippen molar-refractivity contribution in [2.24, 2.45) is 5.92 Å². The molecule has 1 saturated heterocycles. The Balaban J connectivity index is 1.51. The van der Waals surface area contributed by atoms with Gasteiger partial charge in [-0.2, -0.15) is 9.61 Å². The molecule has 0 spiro atoms. The second-order valence-corrected chi connectivity index (χ2v) is 8.52. The third-order valence-corrected chi connectivity index (χ3v) is 5.68. The number of nitrogens with zero attached hydrogens (tertiary/aromatic N) is 5. The highest BCUT2D eigenvalue weighted by Gasteiger charge is 2.33. The Morgan fingerprint density at radius 1 is 1.08 bits per heavy atom. The van der Waals surface area contributed by atoms with Crippen LogP contribution in [0, 0.1) is 5.92 Å². The molecule has 0 N–H and O–H groups in total. The molecule has 3 heterocycles. The summed E-state index contributed by atoms with van der Waals surface area (Å²) in [5.41, 5.74) is 1.84. The van der Waals surface area contributed by atoms with Gasteiger partial charge in [-0.25, -0.2) is 0 Å². The summed E-state index contributed by atoms with van der Waals surface area (Å²) in [4.78, 5) is 14.5. The SMILES string of the molecule is CC(C)(C)c1ccc2nnc(C3CCN(C(=O)C4CCC4)CC3)n2n1. The second kappa shape index (κ2) is 6.07. The minimum atomic E-state index is -0.00567. The van der Waals surface area contributed by atoms with E-state index in [9.17, 15) is 4.79 Å². The molecule has 0 bridgehead atoms. The zero-order valence-electron chi connectivity index (χ0n) is 15.4. The maximum Gasteiger partial charge on any atom is 0.225 e. The van der Waals surface area contributed by atoms with Crippen molar-refractivity contribution in [3.8, 4) is 0 Å². The summed E-state index contributed by atoms with van der Waals surface area (Å²) in [7, 11) is 0. The second-order valence-electron chi connectivity index (χ2n) is 8.52. The van der Waals surface area contributed by atoms with E-state index in [0.29, 0.717) is 17.7 Å². The van der Waals surface area contributed by atoms with Gasteiger partial charge in [0.1, 0.15) is 0 Å². The zero-order chi connectivity index (χ0) is 17.6. The van der Waals surface area contributed by atoms with Crippen LogP contribution in [-0.4, -0.2) is 43.7 Å². The molecule has 0 atom stereocenters. The summed E-state index contributed by atoms with van der Waals surface area (Å²) >= 11 is 0. The molecule has 1 aliphatic carbocycles. The molecule has 4 rings (SSSR count). The van der Waals surface area contributed by atoms with Gasteiger partial charge in [-0.1, -0.05) is 27.2 Å². The molecular weight excluding hydrogens is 314 g/mol. The summed E-state index contributed by atoms with van der Waals surface area (Å²) in [5.74, 6) is 1.92. The fraction of sp³-hybridized carbons (Fsp3) is 0.684. The average Bonchev–Trinajstić information content (AvgIpc) is 2.95. The quantitative estimate of drug-likeness (QED) is 0.842. The van der Waals surface area contributed by atoms with Crippen molar-refractivity contribution in [2.75, 3.05) is 13.1 Å². The molecule has 2 fully saturated rings. The van der Waals surface area contributed by atoms with E-state index in [1.54, 1.807) is 0 Å². The van der Waals surface area contributed by atoms with E-state index in [1.165, 1.54) is 6.42 Å². The molecule has 6 heteroatoms. The van der Waals surface area contributed by atoms with E-state index in [-0.39, 0.29) is 5.41 Å². The fourth-order valence-corrected chi connectivity index (χ4v) is 3.73. The Bertz CT molecular complexity index is 779. The van der Waals surface area contributed by atoms with E-state index in [0.717, 1.165) is 55.9 Å². The molecule has 1 aliphatic heterocycles. The van der Waals surface area contributed by atoms with Crippen molar-refractivity contribution >= 4 is 11.6 Å². The van der Waals surface area contributed by atoms with Gasteiger partial charge >= 0.3 is 0 Å². The third-order valence-electron chi connectivity index (χ3n) is 5.68. The van der Waals surface area contributed by atoms with Crippen molar-refractivity contribution in [3.63, 3.8) is 0 Å². The smallest absolute Gasteiger partial charge is 0.225 e. The lowest BCUT2D eigenvalue weighted by molar-refractivity contribution is -0.139. The lowest BCUT2D eigenvalue weighted by Gasteiger charge is -2.36. The molecule has 1 saturated carbocycles. The number of rotatable bonds is 2. The highest BCUT2D eigenvalue weighted by Crippen LogP contribution is 2.32. The molecule has 134 valence electrons. The molecule has 2 aromatic rings. The van der Waals surface area contributed by atoms with Crippen molar-refractivity contribution in [2.45, 2.75) is 64.2 Å². The summed E-state index contributed by atoms with van der Waals surface area (Å²) in [5, 5.41) is 13.5. The minimum absolute atomic E-state index is 0.00567. The summed E-state index contributed by atoms with van der Waals surface area (Å²) in [6.07, 6.45) is 5.25. The van der Waals surface area contributed by atoms with E-state index in [1.807, 2.05) is 16.6 Å². The first-order chi connectivity index (χ1) is 11.9. The highest BCUT2D eigenvalue weighted by atomic mass is 16.2. The van der Waals surface area contributed by atoms with E-state index in [2.05, 4.69) is 35.9 Å². The number of carbonyl (C=O) groups excluding carboxylic acids is 1. The molecule has 6 nitrogen and oxygen atoms in total. The van der Waals surface area contributed by atoms with Crippen LogP contribution in [0.1, 0.15) is 70.3 Å². The van der Waals surface area contributed by atoms with Gasteiger partial charge in [0, 0.05) is 30.3 Å². The maximum absolute atomic E-state index is 12.4. The molecule has 0 radical (unpaired) electrons. The van der Waals surface area contributed by atoms with Gasteiger partial charge in [-0.15, -0.1) is 10.2 Å². The summed E-state index contributed by atoms with van der Waals surface area (Å²) in [6.45, 7) is 8.14. The molecule has 25 heavy (non-hydrogen) atoms. The fourth-order valence-electron chi connectivity index (χ4n) is 3.73. The third kappa shape index (κ3) is 3.02. The maximum atomic E-state index is 12.4. The van der Waals surface area contributed by atoms with Crippen LogP contribution in [0.5, 0.6) is 0 Å². The van der Waals surface area contributed by atoms with Crippen LogP contribution in [0.2, 0.25) is 0 Å². The van der Waals surface area contributed by atoms with E-state index >= 15 is 0 Å². The Morgan fingerprint density at radius 3 is 2.40 bits per heavy atom. The predicted molar refractivity (Wildman–Crippen MR) is 95.4 cm³/mol. The Labute approximate surface area is 148 Å². The van der Waals surface area contributed by atoms with Crippen LogP contribution in [0.25, 0.3) is 5.65 Å². The molecule has 0 aromatic carbocycles. The summed E-state index contributed by atoms with van der Waals surface area (Å²) in [6, 6.07) is 4.03. The predicted octanol–water partition coefficient (Wildman–Crippen LogP) is 2.93. The highest BCUT2D eigenvalue weighted by molar-refractivity contribution is 5.79. The number of hydrogen-bond acceptors (Lipinski definition) is 4. The van der Waals surface area contributed by atoms with Crippen molar-refractivity contribution in [3.05, 3.63) is 23.7 Å². The van der Waals surface area contributed by atoms with Crippen LogP contribution in [-0.2, 0) is 10.2 Å². The van der Waals surface area contributed by atoms with Gasteiger partial charge in [0.2, 0.25) is 5.91 Å². The van der Waals surface area contributed by atoms with Gasteiger partial charge in [0.25, 0.3) is 0 Å². The standard InChI is InChI=1S/C19H27N5O/c1-19(2,3)15-7-8-16-20-21-17(24(16)22-15)13-9-11-23(12-10-13)18(25)14-5-4-6-14/h7-8,13-14H,4-6,9-12H2,1-3H3. The number of piperidine rings is 1. The number of likely N-dealkylation sites (tertiary alicyclic amines) is 1. The first-order valence-corrected chi connectivity index (χ1v) is 9.45.